The summed E-state index contributed by atoms with van der Waals surface area (Å²) in [5.41, 5.74) is 2.64. The maximum Gasteiger partial charge on any atom is 0.310 e. The Balaban J connectivity index is 1.70. The van der Waals surface area contributed by atoms with Crippen LogP contribution in [-0.2, 0) is 41.5 Å². The van der Waals surface area contributed by atoms with Gasteiger partial charge >= 0.3 is 11.9 Å². The van der Waals surface area contributed by atoms with Gasteiger partial charge in [-0.1, -0.05) is 48.2 Å². The predicted molar refractivity (Wildman–Crippen MR) is 127 cm³/mol. The van der Waals surface area contributed by atoms with E-state index in [4.69, 9.17) is 9.47 Å². The van der Waals surface area contributed by atoms with Crippen LogP contribution in [0, 0.1) is 23.7 Å². The fourth-order valence-corrected chi connectivity index (χ4v) is 2.89. The zero-order valence-corrected chi connectivity index (χ0v) is 19.3. The second-order valence-electron chi connectivity index (χ2n) is 7.43. The number of ketones is 2. The Labute approximate surface area is 199 Å². The normalized spacial score (nSPS) is 9.59. The summed E-state index contributed by atoms with van der Waals surface area (Å²) < 4.78 is 10.5. The van der Waals surface area contributed by atoms with E-state index in [1.165, 1.54) is 13.8 Å². The van der Waals surface area contributed by atoms with Crippen molar-refractivity contribution in [2.24, 2.45) is 0 Å². The quantitative estimate of drug-likeness (QED) is 0.326. The van der Waals surface area contributed by atoms with Crippen molar-refractivity contribution >= 4 is 23.5 Å². The maximum absolute atomic E-state index is 12.1. The topological polar surface area (TPSA) is 86.7 Å². The molecular formula is C28H26O6. The van der Waals surface area contributed by atoms with E-state index in [2.05, 4.69) is 23.7 Å². The molecule has 2 aromatic carbocycles. The maximum atomic E-state index is 12.1. The molecule has 0 unspecified atom stereocenters. The van der Waals surface area contributed by atoms with Crippen molar-refractivity contribution in [2.45, 2.75) is 39.5 Å². The number of hydrogen-bond donors (Lipinski definition) is 0. The molecule has 0 amide bonds. The zero-order valence-electron chi connectivity index (χ0n) is 19.3. The number of Topliss-reactive ketones (excluding diaryl/α,β-unsaturated/α-hetero) is 2. The standard InChI is InChI=1S/C28H26O6/c1-21(29)13-15-23-9-3-5-11-25(23)19-27(31)33-17-7-8-18-34-28(32)20-26-12-6-4-10-24(26)16-14-22(2)30/h3-6,9-12H,7-8,17-20H2,1-2H3. The third-order valence-corrected chi connectivity index (χ3v) is 4.52. The van der Waals surface area contributed by atoms with Crippen molar-refractivity contribution in [3.05, 3.63) is 70.8 Å². The number of carbonyl (C=O) groups excluding carboxylic acids is 4. The van der Waals surface area contributed by atoms with Crippen LogP contribution in [0.3, 0.4) is 0 Å². The Morgan fingerprint density at radius 1 is 0.647 bits per heavy atom. The number of rotatable bonds is 9. The van der Waals surface area contributed by atoms with Gasteiger partial charge in [-0.05, 0) is 47.9 Å². The van der Waals surface area contributed by atoms with Gasteiger partial charge in [-0.25, -0.2) is 0 Å². The predicted octanol–water partition coefficient (Wildman–Crippen LogP) is 3.22. The molecule has 0 saturated heterocycles. The molecule has 2 rings (SSSR count). The summed E-state index contributed by atoms with van der Waals surface area (Å²) in [6, 6.07) is 14.2. The molecule has 0 aliphatic heterocycles. The van der Waals surface area contributed by atoms with Crippen LogP contribution in [0.2, 0.25) is 0 Å². The molecule has 0 radical (unpaired) electrons. The smallest absolute Gasteiger partial charge is 0.310 e. The minimum Gasteiger partial charge on any atom is -0.465 e. The van der Waals surface area contributed by atoms with E-state index in [0.29, 0.717) is 35.1 Å². The first-order valence-electron chi connectivity index (χ1n) is 10.9. The fraction of sp³-hybridized carbons (Fsp3) is 0.286. The minimum absolute atomic E-state index is 0.0592. The number of hydrogen-bond acceptors (Lipinski definition) is 6. The van der Waals surface area contributed by atoms with Gasteiger partial charge in [-0.3, -0.25) is 19.2 Å². The fourth-order valence-electron chi connectivity index (χ4n) is 2.89. The molecule has 174 valence electrons. The number of carbonyl (C=O) groups is 4. The van der Waals surface area contributed by atoms with Gasteiger partial charge in [-0.15, -0.1) is 0 Å². The van der Waals surface area contributed by atoms with Crippen LogP contribution in [0.25, 0.3) is 0 Å². The van der Waals surface area contributed by atoms with Gasteiger partial charge in [-0.2, -0.15) is 0 Å². The molecule has 0 aliphatic rings. The second kappa shape index (κ2) is 14.1. The van der Waals surface area contributed by atoms with Crippen LogP contribution in [0.4, 0.5) is 0 Å². The molecule has 0 saturated carbocycles. The van der Waals surface area contributed by atoms with Gasteiger partial charge < -0.3 is 9.47 Å². The Hall–Kier alpha value is -4.16. The van der Waals surface area contributed by atoms with Crippen molar-refractivity contribution in [3.8, 4) is 23.7 Å². The first-order chi connectivity index (χ1) is 16.3. The van der Waals surface area contributed by atoms with Crippen molar-refractivity contribution in [1.29, 1.82) is 0 Å². The van der Waals surface area contributed by atoms with E-state index >= 15 is 0 Å². The molecule has 6 nitrogen and oxygen atoms in total. The summed E-state index contributed by atoms with van der Waals surface area (Å²) in [5.74, 6) is 9.21. The molecule has 0 bridgehead atoms. The first kappa shape index (κ1) is 26.1. The summed E-state index contributed by atoms with van der Waals surface area (Å²) in [6.45, 7) is 3.18. The SMILES string of the molecule is CC(=O)C#Cc1ccccc1CC(=O)OCCCCOC(=O)Cc1ccccc1C#CC(C)=O. The second-order valence-corrected chi connectivity index (χ2v) is 7.43. The molecule has 0 aromatic heterocycles. The number of unbranched alkanes of at least 4 members (excludes halogenated alkanes) is 1. The molecule has 2 aromatic rings. The van der Waals surface area contributed by atoms with E-state index < -0.39 is 11.9 Å². The Morgan fingerprint density at radius 2 is 1.03 bits per heavy atom. The van der Waals surface area contributed by atoms with Crippen molar-refractivity contribution in [3.63, 3.8) is 0 Å². The lowest BCUT2D eigenvalue weighted by atomic mass is 10.0. The Morgan fingerprint density at radius 3 is 1.41 bits per heavy atom. The largest absolute Gasteiger partial charge is 0.465 e. The Bertz CT molecular complexity index is 1080. The van der Waals surface area contributed by atoms with E-state index in [9.17, 15) is 19.2 Å². The van der Waals surface area contributed by atoms with Crippen LogP contribution in [0.1, 0.15) is 48.9 Å². The van der Waals surface area contributed by atoms with Crippen molar-refractivity contribution < 1.29 is 28.7 Å². The van der Waals surface area contributed by atoms with Crippen LogP contribution in [-0.4, -0.2) is 36.7 Å². The molecule has 34 heavy (non-hydrogen) atoms. The van der Waals surface area contributed by atoms with E-state index in [1.807, 2.05) is 0 Å². The highest BCUT2D eigenvalue weighted by molar-refractivity contribution is 5.94. The summed E-state index contributed by atoms with van der Waals surface area (Å²) in [6.07, 6.45) is 1.21. The van der Waals surface area contributed by atoms with E-state index in [0.717, 1.165) is 0 Å². The lowest BCUT2D eigenvalue weighted by Crippen LogP contribution is -2.12. The number of ether oxygens (including phenoxy) is 2. The van der Waals surface area contributed by atoms with Crippen LogP contribution >= 0.6 is 0 Å². The summed E-state index contributed by atoms with van der Waals surface area (Å²) >= 11 is 0. The third-order valence-electron chi connectivity index (χ3n) is 4.52. The van der Waals surface area contributed by atoms with Gasteiger partial charge in [0.15, 0.2) is 0 Å². The van der Waals surface area contributed by atoms with Crippen molar-refractivity contribution in [1.82, 2.24) is 0 Å². The van der Waals surface area contributed by atoms with Gasteiger partial charge in [0.1, 0.15) is 0 Å². The Kier molecular flexibility index (Phi) is 10.8. The number of benzene rings is 2. The average molecular weight is 459 g/mol. The molecule has 6 heteroatoms. The summed E-state index contributed by atoms with van der Waals surface area (Å²) in [7, 11) is 0. The lowest BCUT2D eigenvalue weighted by Gasteiger charge is -2.08. The lowest BCUT2D eigenvalue weighted by molar-refractivity contribution is -0.145. The molecule has 0 spiro atoms. The van der Waals surface area contributed by atoms with Gasteiger partial charge in [0.05, 0.1) is 26.1 Å². The van der Waals surface area contributed by atoms with E-state index in [-0.39, 0.29) is 37.6 Å². The van der Waals surface area contributed by atoms with Crippen molar-refractivity contribution in [2.75, 3.05) is 13.2 Å². The number of esters is 2. The molecule has 0 atom stereocenters. The van der Waals surface area contributed by atoms with Gasteiger partial charge in [0.25, 0.3) is 0 Å². The third kappa shape index (κ3) is 9.97. The molecule has 0 heterocycles. The highest BCUT2D eigenvalue weighted by Gasteiger charge is 2.10. The van der Waals surface area contributed by atoms with Gasteiger partial charge in [0, 0.05) is 25.0 Å². The molecule has 0 fully saturated rings. The van der Waals surface area contributed by atoms with E-state index in [1.54, 1.807) is 48.5 Å². The van der Waals surface area contributed by atoms with Crippen LogP contribution in [0.15, 0.2) is 48.5 Å². The summed E-state index contributed by atoms with van der Waals surface area (Å²) in [4.78, 5) is 46.4. The molecule has 0 N–H and O–H groups in total. The first-order valence-corrected chi connectivity index (χ1v) is 10.9. The highest BCUT2D eigenvalue weighted by atomic mass is 16.5. The minimum atomic E-state index is -0.391. The van der Waals surface area contributed by atoms with Crippen LogP contribution < -0.4 is 0 Å². The monoisotopic (exact) mass is 458 g/mol. The average Bonchev–Trinajstić information content (AvgIpc) is 2.80. The summed E-state index contributed by atoms with van der Waals surface area (Å²) in [5, 5.41) is 0. The zero-order chi connectivity index (χ0) is 24.8. The highest BCUT2D eigenvalue weighted by Crippen LogP contribution is 2.10. The van der Waals surface area contributed by atoms with Crippen LogP contribution in [0.5, 0.6) is 0 Å². The molecular weight excluding hydrogens is 432 g/mol. The molecule has 0 aliphatic carbocycles. The van der Waals surface area contributed by atoms with Gasteiger partial charge in [0.2, 0.25) is 11.6 Å².